The second kappa shape index (κ2) is 48.2. The van der Waals surface area contributed by atoms with Crippen LogP contribution < -0.4 is 5.32 Å². The number of hydrogen-bond acceptors (Lipinski definition) is 7. The van der Waals surface area contributed by atoms with Gasteiger partial charge in [-0.15, -0.1) is 0 Å². The highest BCUT2D eigenvalue weighted by molar-refractivity contribution is 7.47. The van der Waals surface area contributed by atoms with E-state index < -0.39 is 26.5 Å². The van der Waals surface area contributed by atoms with Crippen molar-refractivity contribution in [1.29, 1.82) is 0 Å². The van der Waals surface area contributed by atoms with Crippen molar-refractivity contribution in [3.8, 4) is 0 Å². The van der Waals surface area contributed by atoms with Crippen molar-refractivity contribution in [2.45, 2.75) is 232 Å². The molecule has 0 spiro atoms. The monoisotopic (exact) mass is 892 g/mol. The van der Waals surface area contributed by atoms with Crippen molar-refractivity contribution in [2.75, 3.05) is 26.4 Å². The molecule has 1 amide bonds. The zero-order valence-electron chi connectivity index (χ0n) is 39.8. The van der Waals surface area contributed by atoms with Crippen LogP contribution in [0.5, 0.6) is 0 Å². The molecule has 0 aromatic carbocycles. The largest absolute Gasteiger partial charge is 0.472 e. The fourth-order valence-corrected chi connectivity index (χ4v) is 7.69. The Bertz CT molecular complexity index is 1200. The Morgan fingerprint density at radius 3 is 1.39 bits per heavy atom. The lowest BCUT2D eigenvalue weighted by atomic mass is 10.0. The van der Waals surface area contributed by atoms with Crippen molar-refractivity contribution in [2.24, 2.45) is 0 Å². The van der Waals surface area contributed by atoms with Gasteiger partial charge in [-0.1, -0.05) is 216 Å². The second-order valence-corrected chi connectivity index (χ2v) is 18.2. The van der Waals surface area contributed by atoms with E-state index in [-0.39, 0.29) is 32.1 Å². The Kier molecular flexibility index (Phi) is 46.4. The number of carbonyl (C=O) groups is 2. The molecule has 0 aromatic heterocycles. The maximum absolute atomic E-state index is 12.1. The van der Waals surface area contributed by atoms with Crippen LogP contribution >= 0.6 is 7.82 Å². The molecule has 62 heavy (non-hydrogen) atoms. The molecule has 0 rings (SSSR count). The van der Waals surface area contributed by atoms with Gasteiger partial charge in [0, 0.05) is 19.4 Å². The van der Waals surface area contributed by atoms with Crippen molar-refractivity contribution < 1.29 is 37.9 Å². The summed E-state index contributed by atoms with van der Waals surface area (Å²) in [5, 5.41) is 12.7. The standard InChI is InChI=1S/C52H94NO8P/c1-3-5-7-9-11-13-15-17-19-21-23-25-26-28-30-32-34-36-38-40-42-44-51(55)53-46-47-60-62(57,58)61-49-50(54)48-59-52(56)45-43-41-39-37-35-33-31-29-27-24-22-20-18-16-14-12-10-8-6-4-2/h5,7,11,13,17,19,23,25,28,30,50,54H,3-4,6,8-10,12,14-16,18,20-22,24,26-27,29,31-49H2,1-2H3,(H,53,55)(H,57,58)/b7-5-,13-11-,19-17-,25-23-,30-28-. The summed E-state index contributed by atoms with van der Waals surface area (Å²) in [6.07, 6.45) is 58.7. The Morgan fingerprint density at radius 2 is 0.919 bits per heavy atom. The number of carbonyl (C=O) groups excluding carboxylic acids is 2. The number of hydrogen-bond donors (Lipinski definition) is 3. The summed E-state index contributed by atoms with van der Waals surface area (Å²) in [5.74, 6) is -0.531. The number of aliphatic hydroxyl groups excluding tert-OH is 1. The fourth-order valence-electron chi connectivity index (χ4n) is 6.94. The molecule has 2 atom stereocenters. The molecular formula is C52H94NO8P. The van der Waals surface area contributed by atoms with E-state index in [4.69, 9.17) is 13.8 Å². The van der Waals surface area contributed by atoms with Gasteiger partial charge in [-0.25, -0.2) is 4.57 Å². The quantitative estimate of drug-likeness (QED) is 0.0238. The number of esters is 1. The predicted molar refractivity (Wildman–Crippen MR) is 261 cm³/mol. The number of allylic oxidation sites excluding steroid dienone is 10. The zero-order chi connectivity index (χ0) is 45.3. The third kappa shape index (κ3) is 48.7. The first-order valence-electron chi connectivity index (χ1n) is 25.3. The minimum absolute atomic E-state index is 0.0691. The molecule has 0 aliphatic carbocycles. The number of amides is 1. The van der Waals surface area contributed by atoms with Gasteiger partial charge in [0.2, 0.25) is 5.91 Å². The van der Waals surface area contributed by atoms with E-state index in [1.165, 1.54) is 109 Å². The number of ether oxygens (including phenoxy) is 1. The summed E-state index contributed by atoms with van der Waals surface area (Å²) >= 11 is 0. The molecule has 360 valence electrons. The smallest absolute Gasteiger partial charge is 0.463 e. The normalized spacial score (nSPS) is 13.7. The Labute approximate surface area is 380 Å². The van der Waals surface area contributed by atoms with Crippen molar-refractivity contribution >= 4 is 19.7 Å². The number of rotatable bonds is 47. The van der Waals surface area contributed by atoms with Crippen LogP contribution in [-0.2, 0) is 27.9 Å². The number of phosphoric acid groups is 1. The van der Waals surface area contributed by atoms with Gasteiger partial charge < -0.3 is 20.1 Å². The molecule has 0 aromatic rings. The summed E-state index contributed by atoms with van der Waals surface area (Å²) < 4.78 is 27.0. The van der Waals surface area contributed by atoms with Crippen molar-refractivity contribution in [1.82, 2.24) is 5.32 Å². The fraction of sp³-hybridized carbons (Fsp3) is 0.769. The SMILES string of the molecule is CC/C=C\C/C=C\C/C=C\C/C=C\C/C=C\CCCCCCCC(=O)NCCOP(=O)(O)OCC(O)COC(=O)CCCCCCCCCCCCCCCCCCCCCC. The van der Waals surface area contributed by atoms with Crippen LogP contribution in [0.3, 0.4) is 0 Å². The van der Waals surface area contributed by atoms with E-state index in [2.05, 4.69) is 79.9 Å². The summed E-state index contributed by atoms with van der Waals surface area (Å²) in [4.78, 5) is 34.1. The molecule has 0 aliphatic heterocycles. The van der Waals surface area contributed by atoms with Gasteiger partial charge in [-0.05, 0) is 57.8 Å². The Hall–Kier alpha value is -2.29. The van der Waals surface area contributed by atoms with Crippen LogP contribution in [0, 0.1) is 0 Å². The van der Waals surface area contributed by atoms with Crippen molar-refractivity contribution in [3.05, 3.63) is 60.8 Å². The van der Waals surface area contributed by atoms with Gasteiger partial charge in [0.25, 0.3) is 0 Å². The zero-order valence-corrected chi connectivity index (χ0v) is 40.7. The topological polar surface area (TPSA) is 131 Å². The molecule has 0 radical (unpaired) electrons. The Morgan fingerprint density at radius 1 is 0.516 bits per heavy atom. The van der Waals surface area contributed by atoms with Crippen molar-refractivity contribution in [3.63, 3.8) is 0 Å². The van der Waals surface area contributed by atoms with E-state index in [1.807, 2.05) is 0 Å². The first-order chi connectivity index (χ1) is 30.3. The summed E-state index contributed by atoms with van der Waals surface area (Å²) in [7, 11) is -4.43. The first kappa shape index (κ1) is 59.7. The molecule has 0 saturated carbocycles. The maximum Gasteiger partial charge on any atom is 0.472 e. The third-order valence-corrected chi connectivity index (χ3v) is 11.7. The molecular weight excluding hydrogens is 798 g/mol. The number of unbranched alkanes of at least 4 members (excludes halogenated alkanes) is 24. The summed E-state index contributed by atoms with van der Waals surface area (Å²) in [6.45, 7) is 3.44. The van der Waals surface area contributed by atoms with Crippen LogP contribution in [0.4, 0.5) is 0 Å². The molecule has 3 N–H and O–H groups in total. The number of nitrogens with one attached hydrogen (secondary N) is 1. The van der Waals surface area contributed by atoms with Gasteiger partial charge in [-0.3, -0.25) is 18.6 Å². The lowest BCUT2D eigenvalue weighted by molar-refractivity contribution is -0.147. The molecule has 0 saturated heterocycles. The highest BCUT2D eigenvalue weighted by Crippen LogP contribution is 2.42. The highest BCUT2D eigenvalue weighted by Gasteiger charge is 2.23. The third-order valence-electron chi connectivity index (χ3n) is 10.7. The minimum Gasteiger partial charge on any atom is -0.463 e. The summed E-state index contributed by atoms with van der Waals surface area (Å²) in [5.41, 5.74) is 0. The minimum atomic E-state index is -4.43. The molecule has 9 nitrogen and oxygen atoms in total. The predicted octanol–water partition coefficient (Wildman–Crippen LogP) is 14.8. The second-order valence-electron chi connectivity index (χ2n) is 16.8. The van der Waals surface area contributed by atoms with Gasteiger partial charge in [0.05, 0.1) is 13.2 Å². The average molecular weight is 892 g/mol. The average Bonchev–Trinajstić information content (AvgIpc) is 3.26. The Balaban J connectivity index is 3.59. The molecule has 10 heteroatoms. The van der Waals surface area contributed by atoms with Gasteiger partial charge in [0.1, 0.15) is 12.7 Å². The van der Waals surface area contributed by atoms with Crippen LogP contribution in [0.1, 0.15) is 226 Å². The number of aliphatic hydroxyl groups is 1. The molecule has 0 heterocycles. The highest BCUT2D eigenvalue weighted by atomic mass is 31.2. The lowest BCUT2D eigenvalue weighted by Gasteiger charge is -2.15. The van der Waals surface area contributed by atoms with Gasteiger partial charge in [0.15, 0.2) is 0 Å². The summed E-state index contributed by atoms with van der Waals surface area (Å²) in [6, 6.07) is 0. The van der Waals surface area contributed by atoms with E-state index >= 15 is 0 Å². The maximum atomic E-state index is 12.1. The first-order valence-corrected chi connectivity index (χ1v) is 26.8. The van der Waals surface area contributed by atoms with Crippen LogP contribution in [0.2, 0.25) is 0 Å². The van der Waals surface area contributed by atoms with E-state index in [1.54, 1.807) is 0 Å². The van der Waals surface area contributed by atoms with E-state index in [0.717, 1.165) is 89.9 Å². The molecule has 0 bridgehead atoms. The lowest BCUT2D eigenvalue weighted by Crippen LogP contribution is -2.27. The number of phosphoric ester groups is 1. The molecule has 0 fully saturated rings. The molecule has 0 aliphatic rings. The van der Waals surface area contributed by atoms with Crippen LogP contribution in [0.25, 0.3) is 0 Å². The van der Waals surface area contributed by atoms with Gasteiger partial charge >= 0.3 is 13.8 Å². The van der Waals surface area contributed by atoms with Crippen LogP contribution in [0.15, 0.2) is 60.8 Å². The van der Waals surface area contributed by atoms with E-state index in [9.17, 15) is 24.2 Å². The van der Waals surface area contributed by atoms with Crippen LogP contribution in [-0.4, -0.2) is 54.3 Å². The molecule has 2 unspecified atom stereocenters. The van der Waals surface area contributed by atoms with E-state index in [0.29, 0.717) is 6.42 Å². The van der Waals surface area contributed by atoms with Gasteiger partial charge in [-0.2, -0.15) is 0 Å².